The molecule has 0 aromatic heterocycles. The number of carbonyl (C=O) groups is 3. The predicted octanol–water partition coefficient (Wildman–Crippen LogP) is 6.04. The van der Waals surface area contributed by atoms with Gasteiger partial charge in [0.25, 0.3) is 5.91 Å². The average molecular weight is 419 g/mol. The number of benzene rings is 4. The Balaban J connectivity index is 1.65. The SMILES string of the molecule is CC(=O)c1ccc(-c2ccccc2C(=O)Nc2ccccc2C(=O)c2ccccc2)cc1. The third-order valence-corrected chi connectivity index (χ3v) is 5.23. The van der Waals surface area contributed by atoms with E-state index in [9.17, 15) is 14.4 Å². The summed E-state index contributed by atoms with van der Waals surface area (Å²) < 4.78 is 0. The van der Waals surface area contributed by atoms with Crippen molar-refractivity contribution in [2.24, 2.45) is 0 Å². The molecule has 0 atom stereocenters. The molecule has 32 heavy (non-hydrogen) atoms. The van der Waals surface area contributed by atoms with Gasteiger partial charge in [-0.2, -0.15) is 0 Å². The van der Waals surface area contributed by atoms with Crippen molar-refractivity contribution in [2.45, 2.75) is 6.92 Å². The average Bonchev–Trinajstić information content (AvgIpc) is 2.84. The van der Waals surface area contributed by atoms with Gasteiger partial charge in [-0.15, -0.1) is 0 Å². The molecule has 0 radical (unpaired) electrons. The molecule has 0 spiro atoms. The van der Waals surface area contributed by atoms with Gasteiger partial charge in [0.05, 0.1) is 5.69 Å². The van der Waals surface area contributed by atoms with Crippen molar-refractivity contribution in [3.8, 4) is 11.1 Å². The molecule has 156 valence electrons. The molecule has 0 aliphatic carbocycles. The van der Waals surface area contributed by atoms with Crippen molar-refractivity contribution in [3.63, 3.8) is 0 Å². The summed E-state index contributed by atoms with van der Waals surface area (Å²) >= 11 is 0. The summed E-state index contributed by atoms with van der Waals surface area (Å²) in [5.74, 6) is -0.485. The van der Waals surface area contributed by atoms with E-state index < -0.39 is 0 Å². The van der Waals surface area contributed by atoms with E-state index in [1.54, 1.807) is 60.7 Å². The van der Waals surface area contributed by atoms with Crippen molar-refractivity contribution < 1.29 is 14.4 Å². The van der Waals surface area contributed by atoms with E-state index in [1.807, 2.05) is 42.5 Å². The first-order valence-corrected chi connectivity index (χ1v) is 10.2. The lowest BCUT2D eigenvalue weighted by Crippen LogP contribution is -2.16. The molecule has 0 aliphatic heterocycles. The minimum atomic E-state index is -0.315. The van der Waals surface area contributed by atoms with Gasteiger partial charge in [0.15, 0.2) is 11.6 Å². The number of hydrogen-bond donors (Lipinski definition) is 1. The fraction of sp³-hybridized carbons (Fsp3) is 0.0357. The van der Waals surface area contributed by atoms with E-state index >= 15 is 0 Å². The molecule has 0 aliphatic rings. The fourth-order valence-electron chi connectivity index (χ4n) is 3.54. The first-order chi connectivity index (χ1) is 15.5. The van der Waals surface area contributed by atoms with E-state index in [2.05, 4.69) is 5.32 Å². The van der Waals surface area contributed by atoms with Gasteiger partial charge >= 0.3 is 0 Å². The minimum absolute atomic E-state index is 0.0118. The van der Waals surface area contributed by atoms with E-state index in [1.165, 1.54) is 6.92 Å². The van der Waals surface area contributed by atoms with Crippen LogP contribution in [0.25, 0.3) is 11.1 Å². The highest BCUT2D eigenvalue weighted by atomic mass is 16.2. The maximum atomic E-state index is 13.2. The number of anilines is 1. The van der Waals surface area contributed by atoms with Gasteiger partial charge in [-0.25, -0.2) is 0 Å². The van der Waals surface area contributed by atoms with Gasteiger partial charge in [-0.05, 0) is 36.2 Å². The Morgan fingerprint density at radius 2 is 1.19 bits per heavy atom. The molecule has 0 fully saturated rings. The van der Waals surface area contributed by atoms with Crippen molar-refractivity contribution in [2.75, 3.05) is 5.32 Å². The van der Waals surface area contributed by atoms with Crippen LogP contribution in [-0.4, -0.2) is 17.5 Å². The monoisotopic (exact) mass is 419 g/mol. The summed E-state index contributed by atoms with van der Waals surface area (Å²) in [7, 11) is 0. The second kappa shape index (κ2) is 9.23. The Bertz CT molecular complexity index is 1290. The highest BCUT2D eigenvalue weighted by Gasteiger charge is 2.17. The van der Waals surface area contributed by atoms with Gasteiger partial charge < -0.3 is 5.32 Å². The van der Waals surface area contributed by atoms with Gasteiger partial charge in [-0.1, -0.05) is 84.9 Å². The van der Waals surface area contributed by atoms with E-state index in [4.69, 9.17) is 0 Å². The lowest BCUT2D eigenvalue weighted by molar-refractivity contribution is 0.101. The van der Waals surface area contributed by atoms with E-state index in [0.29, 0.717) is 27.9 Å². The summed E-state index contributed by atoms with van der Waals surface area (Å²) in [6.07, 6.45) is 0. The number of nitrogens with one attached hydrogen (secondary N) is 1. The van der Waals surface area contributed by atoms with Crippen LogP contribution in [0.15, 0.2) is 103 Å². The fourth-order valence-corrected chi connectivity index (χ4v) is 3.54. The topological polar surface area (TPSA) is 63.2 Å². The molecule has 0 unspecified atom stereocenters. The summed E-state index contributed by atoms with van der Waals surface area (Å²) in [5.41, 5.74) is 4.10. The molecule has 0 heterocycles. The van der Waals surface area contributed by atoms with Crippen LogP contribution in [0.3, 0.4) is 0 Å². The molecule has 0 bridgehead atoms. The zero-order valence-corrected chi connectivity index (χ0v) is 17.5. The lowest BCUT2D eigenvalue weighted by atomic mass is 9.97. The molecule has 4 aromatic rings. The van der Waals surface area contributed by atoms with Gasteiger partial charge in [-0.3, -0.25) is 14.4 Å². The Kier molecular flexibility index (Phi) is 6.04. The molecule has 0 saturated carbocycles. The number of amides is 1. The standard InChI is InChI=1S/C28H21NO3/c1-19(30)20-15-17-21(18-16-20)23-11-5-6-12-24(23)28(32)29-26-14-8-7-13-25(26)27(31)22-9-3-2-4-10-22/h2-18H,1H3,(H,29,32). The van der Waals surface area contributed by atoms with Crippen molar-refractivity contribution in [3.05, 3.63) is 125 Å². The van der Waals surface area contributed by atoms with Crippen LogP contribution in [-0.2, 0) is 0 Å². The normalized spacial score (nSPS) is 10.4. The van der Waals surface area contributed by atoms with Crippen molar-refractivity contribution >= 4 is 23.2 Å². The Hall–Kier alpha value is -4.31. The third-order valence-electron chi connectivity index (χ3n) is 5.23. The Labute approximate surface area is 186 Å². The van der Waals surface area contributed by atoms with Gasteiger partial charge in [0.1, 0.15) is 0 Å². The summed E-state index contributed by atoms with van der Waals surface area (Å²) in [5, 5.41) is 2.90. The predicted molar refractivity (Wildman–Crippen MR) is 126 cm³/mol. The molecular weight excluding hydrogens is 398 g/mol. The molecule has 1 N–H and O–H groups in total. The largest absolute Gasteiger partial charge is 0.321 e. The minimum Gasteiger partial charge on any atom is -0.321 e. The number of Topliss-reactive ketones (excluding diaryl/α,β-unsaturated/α-hetero) is 1. The molecule has 4 heteroatoms. The van der Waals surface area contributed by atoms with E-state index in [-0.39, 0.29) is 17.5 Å². The summed E-state index contributed by atoms with van der Waals surface area (Å²) in [6, 6.07) is 30.4. The molecule has 0 saturated heterocycles. The number of ketones is 2. The molecule has 4 nitrogen and oxygen atoms in total. The second-order valence-corrected chi connectivity index (χ2v) is 7.37. The van der Waals surface area contributed by atoms with Crippen molar-refractivity contribution in [1.82, 2.24) is 0 Å². The van der Waals surface area contributed by atoms with Crippen LogP contribution >= 0.6 is 0 Å². The van der Waals surface area contributed by atoms with Crippen LogP contribution < -0.4 is 5.32 Å². The van der Waals surface area contributed by atoms with Crippen molar-refractivity contribution in [1.29, 1.82) is 0 Å². The van der Waals surface area contributed by atoms with Crippen LogP contribution in [0.1, 0.15) is 43.6 Å². The quantitative estimate of drug-likeness (QED) is 0.388. The highest BCUT2D eigenvalue weighted by Crippen LogP contribution is 2.26. The first-order valence-electron chi connectivity index (χ1n) is 10.2. The molecule has 1 amide bonds. The maximum Gasteiger partial charge on any atom is 0.256 e. The first kappa shape index (κ1) is 20.9. The third kappa shape index (κ3) is 4.40. The second-order valence-electron chi connectivity index (χ2n) is 7.37. The number of para-hydroxylation sites is 1. The van der Waals surface area contributed by atoms with Crippen LogP contribution in [0.5, 0.6) is 0 Å². The Morgan fingerprint density at radius 3 is 1.88 bits per heavy atom. The summed E-state index contributed by atoms with van der Waals surface area (Å²) in [4.78, 5) is 37.8. The number of carbonyl (C=O) groups excluding carboxylic acids is 3. The molecule has 4 aromatic carbocycles. The zero-order valence-electron chi connectivity index (χ0n) is 17.5. The maximum absolute atomic E-state index is 13.2. The van der Waals surface area contributed by atoms with Gasteiger partial charge in [0.2, 0.25) is 0 Å². The number of hydrogen-bond acceptors (Lipinski definition) is 3. The van der Waals surface area contributed by atoms with Crippen LogP contribution in [0, 0.1) is 0 Å². The highest BCUT2D eigenvalue weighted by molar-refractivity contribution is 6.16. The lowest BCUT2D eigenvalue weighted by Gasteiger charge is -2.13. The van der Waals surface area contributed by atoms with Gasteiger partial charge in [0, 0.05) is 22.3 Å². The van der Waals surface area contributed by atoms with Crippen LogP contribution in [0.2, 0.25) is 0 Å². The Morgan fingerprint density at radius 1 is 0.594 bits per heavy atom. The molecule has 4 rings (SSSR count). The molecular formula is C28H21NO3. The summed E-state index contributed by atoms with van der Waals surface area (Å²) in [6.45, 7) is 1.52. The smallest absolute Gasteiger partial charge is 0.256 e. The zero-order chi connectivity index (χ0) is 22.5. The van der Waals surface area contributed by atoms with Crippen LogP contribution in [0.4, 0.5) is 5.69 Å². The van der Waals surface area contributed by atoms with E-state index in [0.717, 1.165) is 11.1 Å². The number of rotatable bonds is 6.